The summed E-state index contributed by atoms with van der Waals surface area (Å²) in [5, 5.41) is 47.6. The smallest absolute Gasteiger partial charge is 0.113 e. The molecule has 5 N–H and O–H groups in total. The van der Waals surface area contributed by atoms with Gasteiger partial charge >= 0.3 is 0 Å². The third-order valence-corrected chi connectivity index (χ3v) is 5.80. The van der Waals surface area contributed by atoms with Crippen molar-refractivity contribution in [2.24, 2.45) is 0 Å². The predicted octanol–water partition coefficient (Wildman–Crippen LogP) is 2.50. The summed E-state index contributed by atoms with van der Waals surface area (Å²) >= 11 is 6.39. The summed E-state index contributed by atoms with van der Waals surface area (Å²) in [6.45, 7) is 1.47. The average Bonchev–Trinajstić information content (AvgIpc) is 2.75. The molecule has 0 aliphatic carbocycles. The Balaban J connectivity index is 1.83. The van der Waals surface area contributed by atoms with E-state index in [1.807, 2.05) is 37.3 Å². The molecule has 2 aromatic carbocycles. The first-order chi connectivity index (χ1) is 14.3. The fourth-order valence-corrected chi connectivity index (χ4v) is 3.80. The zero-order valence-corrected chi connectivity index (χ0v) is 17.3. The third-order valence-electron chi connectivity index (χ3n) is 5.43. The van der Waals surface area contributed by atoms with Crippen LogP contribution in [0.3, 0.4) is 0 Å². The number of hydrogen-bond acceptors (Lipinski definition) is 6. The van der Waals surface area contributed by atoms with Crippen LogP contribution in [0.1, 0.15) is 35.3 Å². The van der Waals surface area contributed by atoms with Crippen LogP contribution >= 0.6 is 11.6 Å². The molecule has 0 aromatic heterocycles. The number of aliphatic hydroxyl groups is 4. The molecular weight excluding hydrogens is 406 g/mol. The molecule has 0 radical (unpaired) electrons. The maximum absolute atomic E-state index is 10.4. The summed E-state index contributed by atoms with van der Waals surface area (Å²) < 4.78 is 5.65. The number of rotatable bonds is 6. The highest BCUT2D eigenvalue weighted by Crippen LogP contribution is 2.34. The van der Waals surface area contributed by atoms with E-state index < -0.39 is 37.1 Å². The summed E-state index contributed by atoms with van der Waals surface area (Å²) in [6.07, 6.45) is -2.47. The molecule has 1 saturated heterocycles. The normalized spacial score (nSPS) is 27.1. The van der Waals surface area contributed by atoms with E-state index in [9.17, 15) is 20.4 Å². The summed E-state index contributed by atoms with van der Waals surface area (Å²) in [4.78, 5) is 0. The molecule has 0 bridgehead atoms. The van der Waals surface area contributed by atoms with Gasteiger partial charge in [0.15, 0.2) is 0 Å². The first kappa shape index (κ1) is 22.6. The SMILES string of the molecule is C/C(=C\C=N)c1ccc(Cc2cc([C@@H]3O[C@H](CO)[C@@H](O)[C@H](O)[C@H]3O)ccc2Cl)cc1. The molecule has 0 amide bonds. The maximum Gasteiger partial charge on any atom is 0.113 e. The van der Waals surface area contributed by atoms with Crippen LogP contribution in [0.2, 0.25) is 5.02 Å². The van der Waals surface area contributed by atoms with Gasteiger partial charge in [-0.15, -0.1) is 0 Å². The maximum atomic E-state index is 10.4. The van der Waals surface area contributed by atoms with E-state index in [-0.39, 0.29) is 0 Å². The van der Waals surface area contributed by atoms with E-state index in [1.54, 1.807) is 18.2 Å². The average molecular weight is 432 g/mol. The first-order valence-electron chi connectivity index (χ1n) is 9.71. The highest BCUT2D eigenvalue weighted by Gasteiger charge is 2.43. The summed E-state index contributed by atoms with van der Waals surface area (Å²) in [5.74, 6) is 0. The van der Waals surface area contributed by atoms with Crippen molar-refractivity contribution in [1.29, 1.82) is 5.41 Å². The number of aliphatic hydroxyl groups excluding tert-OH is 4. The molecule has 0 saturated carbocycles. The molecular formula is C23H26ClNO5. The minimum atomic E-state index is -1.43. The Kier molecular flexibility index (Phi) is 7.41. The van der Waals surface area contributed by atoms with Gasteiger partial charge in [-0.2, -0.15) is 0 Å². The molecule has 160 valence electrons. The standard InChI is InChI=1S/C23H26ClNO5/c1-13(8-9-25)15-4-2-14(3-5-15)10-17-11-16(6-7-18(17)24)23-22(29)21(28)20(27)19(12-26)30-23/h2-9,11,19-23,25-29H,10,12H2,1H3/b13-8+,25-9?/t19-,20-,21+,22-,23+/m1/s1. The van der Waals surface area contributed by atoms with Gasteiger partial charge in [0.1, 0.15) is 30.5 Å². The van der Waals surface area contributed by atoms with Crippen molar-refractivity contribution in [3.63, 3.8) is 0 Å². The Labute approximate surface area is 180 Å². The van der Waals surface area contributed by atoms with E-state index in [1.165, 1.54) is 6.21 Å². The number of hydrogen-bond donors (Lipinski definition) is 5. The Bertz CT molecular complexity index is 912. The lowest BCUT2D eigenvalue weighted by Crippen LogP contribution is -2.55. The molecule has 0 spiro atoms. The van der Waals surface area contributed by atoms with Crippen molar-refractivity contribution in [2.75, 3.05) is 6.61 Å². The van der Waals surface area contributed by atoms with Crippen LogP contribution in [0.15, 0.2) is 48.5 Å². The second kappa shape index (κ2) is 9.83. The monoisotopic (exact) mass is 431 g/mol. The van der Waals surface area contributed by atoms with Crippen LogP contribution in [0, 0.1) is 5.41 Å². The number of benzene rings is 2. The number of allylic oxidation sites excluding steroid dienone is 2. The highest BCUT2D eigenvalue weighted by atomic mass is 35.5. The summed E-state index contributed by atoms with van der Waals surface area (Å²) in [5.41, 5.74) is 4.50. The van der Waals surface area contributed by atoms with Gasteiger partial charge in [0.25, 0.3) is 0 Å². The molecule has 2 aromatic rings. The minimum Gasteiger partial charge on any atom is -0.394 e. The zero-order valence-electron chi connectivity index (χ0n) is 16.6. The fraction of sp³-hybridized carbons (Fsp3) is 0.348. The molecule has 7 heteroatoms. The van der Waals surface area contributed by atoms with Crippen LogP contribution in [-0.2, 0) is 11.2 Å². The van der Waals surface area contributed by atoms with E-state index >= 15 is 0 Å². The van der Waals surface area contributed by atoms with Crippen LogP contribution in [0.4, 0.5) is 0 Å². The lowest BCUT2D eigenvalue weighted by molar-refractivity contribution is -0.231. The minimum absolute atomic E-state index is 0.472. The van der Waals surface area contributed by atoms with E-state index in [2.05, 4.69) is 0 Å². The lowest BCUT2D eigenvalue weighted by Gasteiger charge is -2.40. The molecule has 6 nitrogen and oxygen atoms in total. The largest absolute Gasteiger partial charge is 0.394 e. The Morgan fingerprint density at radius 3 is 2.40 bits per heavy atom. The molecule has 1 heterocycles. The van der Waals surface area contributed by atoms with E-state index in [0.29, 0.717) is 17.0 Å². The quantitative estimate of drug-likeness (QED) is 0.451. The van der Waals surface area contributed by atoms with Crippen LogP contribution < -0.4 is 0 Å². The summed E-state index contributed by atoms with van der Waals surface area (Å²) in [6, 6.07) is 13.2. The van der Waals surface area contributed by atoms with Crippen LogP contribution in [-0.4, -0.2) is 57.7 Å². The summed E-state index contributed by atoms with van der Waals surface area (Å²) in [7, 11) is 0. The number of nitrogens with one attached hydrogen (secondary N) is 1. The van der Waals surface area contributed by atoms with Crippen molar-refractivity contribution < 1.29 is 25.2 Å². The molecule has 30 heavy (non-hydrogen) atoms. The van der Waals surface area contributed by atoms with E-state index in [4.69, 9.17) is 21.7 Å². The molecule has 3 rings (SSSR count). The van der Waals surface area contributed by atoms with Crippen LogP contribution in [0.5, 0.6) is 0 Å². The number of ether oxygens (including phenoxy) is 1. The Morgan fingerprint density at radius 1 is 1.07 bits per heavy atom. The van der Waals surface area contributed by atoms with Gasteiger partial charge in [0.05, 0.1) is 6.61 Å². The van der Waals surface area contributed by atoms with Gasteiger partial charge in [-0.1, -0.05) is 48.0 Å². The van der Waals surface area contributed by atoms with Crippen molar-refractivity contribution in [3.8, 4) is 0 Å². The molecule has 1 aliphatic rings. The fourth-order valence-electron chi connectivity index (χ4n) is 3.61. The predicted molar refractivity (Wildman–Crippen MR) is 116 cm³/mol. The van der Waals surface area contributed by atoms with Gasteiger partial charge < -0.3 is 30.6 Å². The second-order valence-corrected chi connectivity index (χ2v) is 7.90. The van der Waals surface area contributed by atoms with Gasteiger partial charge in [-0.05, 0) is 53.3 Å². The Hall–Kier alpha value is -2.06. The Morgan fingerprint density at radius 2 is 1.77 bits per heavy atom. The van der Waals surface area contributed by atoms with Crippen molar-refractivity contribution >= 4 is 23.4 Å². The molecule has 1 fully saturated rings. The van der Waals surface area contributed by atoms with Gasteiger partial charge in [0.2, 0.25) is 0 Å². The molecule has 0 unspecified atom stereocenters. The van der Waals surface area contributed by atoms with Gasteiger partial charge in [-0.3, -0.25) is 0 Å². The lowest BCUT2D eigenvalue weighted by atomic mass is 9.90. The van der Waals surface area contributed by atoms with Gasteiger partial charge in [-0.25, -0.2) is 0 Å². The van der Waals surface area contributed by atoms with Gasteiger partial charge in [0, 0.05) is 11.2 Å². The topological polar surface area (TPSA) is 114 Å². The highest BCUT2D eigenvalue weighted by molar-refractivity contribution is 6.31. The molecule has 1 aliphatic heterocycles. The van der Waals surface area contributed by atoms with Crippen LogP contribution in [0.25, 0.3) is 5.57 Å². The van der Waals surface area contributed by atoms with Crippen molar-refractivity contribution in [3.05, 3.63) is 75.8 Å². The first-order valence-corrected chi connectivity index (χ1v) is 10.1. The second-order valence-electron chi connectivity index (χ2n) is 7.49. The van der Waals surface area contributed by atoms with Crippen molar-refractivity contribution in [2.45, 2.75) is 43.9 Å². The van der Waals surface area contributed by atoms with Crippen molar-refractivity contribution in [1.82, 2.24) is 0 Å². The third kappa shape index (κ3) is 4.81. The molecule has 5 atom stereocenters. The number of halogens is 1. The zero-order chi connectivity index (χ0) is 21.8. The van der Waals surface area contributed by atoms with E-state index in [0.717, 1.165) is 22.3 Å².